The predicted octanol–water partition coefficient (Wildman–Crippen LogP) is 4.27. The third-order valence-corrected chi connectivity index (χ3v) is 3.95. The number of aliphatic hydroxyl groups excluding tert-OH is 1. The minimum Gasteiger partial charge on any atom is -0.503 e. The normalized spacial score (nSPS) is 11.9. The van der Waals surface area contributed by atoms with Gasteiger partial charge in [0.05, 0.1) is 0 Å². The molecular weight excluding hydrogens is 326 g/mol. The van der Waals surface area contributed by atoms with Gasteiger partial charge in [-0.1, -0.05) is 81.4 Å². The van der Waals surface area contributed by atoms with Crippen molar-refractivity contribution in [2.45, 2.75) is 33.9 Å². The number of amides is 1. The van der Waals surface area contributed by atoms with Crippen molar-refractivity contribution in [3.05, 3.63) is 83.6 Å². The maximum Gasteiger partial charge on any atom is 0.289 e. The third-order valence-electron chi connectivity index (χ3n) is 3.95. The van der Waals surface area contributed by atoms with E-state index in [0.717, 1.165) is 17.2 Å². The van der Waals surface area contributed by atoms with Gasteiger partial charge in [0.15, 0.2) is 11.5 Å². The van der Waals surface area contributed by atoms with E-state index in [1.165, 1.54) is 4.90 Å². The second-order valence-corrected chi connectivity index (χ2v) is 7.28. The summed E-state index contributed by atoms with van der Waals surface area (Å²) < 4.78 is 0. The van der Waals surface area contributed by atoms with Gasteiger partial charge in [-0.15, -0.1) is 0 Å². The van der Waals surface area contributed by atoms with Crippen molar-refractivity contribution in [3.63, 3.8) is 0 Å². The third kappa shape index (κ3) is 5.59. The zero-order chi connectivity index (χ0) is 19.2. The van der Waals surface area contributed by atoms with Gasteiger partial charge < -0.3 is 10.0 Å². The molecule has 1 amide bonds. The maximum atomic E-state index is 12.8. The quantitative estimate of drug-likeness (QED) is 0.624. The lowest BCUT2D eigenvalue weighted by atomic mass is 9.90. The number of nitrogens with zero attached hydrogens (tertiary/aromatic N) is 1. The van der Waals surface area contributed by atoms with Crippen molar-refractivity contribution >= 4 is 11.7 Å². The molecule has 0 aliphatic rings. The molecule has 26 heavy (non-hydrogen) atoms. The molecule has 0 spiro atoms. The number of carbonyl (C=O) groups excluding carboxylic acids is 2. The van der Waals surface area contributed by atoms with Gasteiger partial charge in [0.1, 0.15) is 0 Å². The zero-order valence-electron chi connectivity index (χ0n) is 15.5. The molecular formula is C22H25NO3. The van der Waals surface area contributed by atoms with E-state index in [4.69, 9.17) is 0 Å². The molecule has 0 fully saturated rings. The Morgan fingerprint density at radius 2 is 1.31 bits per heavy atom. The first kappa shape index (κ1) is 19.4. The largest absolute Gasteiger partial charge is 0.503 e. The molecule has 2 aromatic carbocycles. The van der Waals surface area contributed by atoms with Crippen LogP contribution in [0.15, 0.2) is 72.5 Å². The summed E-state index contributed by atoms with van der Waals surface area (Å²) in [5.74, 6) is -1.38. The molecule has 2 aromatic rings. The van der Waals surface area contributed by atoms with Crippen LogP contribution in [0.3, 0.4) is 0 Å². The first-order valence-electron chi connectivity index (χ1n) is 8.59. The highest BCUT2D eigenvalue weighted by Crippen LogP contribution is 2.18. The Kier molecular flexibility index (Phi) is 6.34. The van der Waals surface area contributed by atoms with Gasteiger partial charge in [-0.25, -0.2) is 0 Å². The summed E-state index contributed by atoms with van der Waals surface area (Å²) in [7, 11) is 0. The highest BCUT2D eigenvalue weighted by Gasteiger charge is 2.24. The first-order chi connectivity index (χ1) is 12.3. The van der Waals surface area contributed by atoms with E-state index in [-0.39, 0.29) is 5.78 Å². The van der Waals surface area contributed by atoms with Crippen LogP contribution in [0.5, 0.6) is 0 Å². The Morgan fingerprint density at radius 1 is 0.885 bits per heavy atom. The number of hydrogen-bond acceptors (Lipinski definition) is 3. The van der Waals surface area contributed by atoms with Gasteiger partial charge in [-0.3, -0.25) is 9.59 Å². The smallest absolute Gasteiger partial charge is 0.289 e. The van der Waals surface area contributed by atoms with Crippen LogP contribution in [0.25, 0.3) is 0 Å². The Bertz CT molecular complexity index is 733. The van der Waals surface area contributed by atoms with Crippen molar-refractivity contribution < 1.29 is 14.7 Å². The average Bonchev–Trinajstić information content (AvgIpc) is 2.61. The van der Waals surface area contributed by atoms with Crippen LogP contribution in [0.1, 0.15) is 31.9 Å². The molecule has 0 saturated carbocycles. The molecule has 2 rings (SSSR count). The van der Waals surface area contributed by atoms with Gasteiger partial charge >= 0.3 is 0 Å². The molecule has 0 unspecified atom stereocenters. The molecule has 0 atom stereocenters. The van der Waals surface area contributed by atoms with E-state index >= 15 is 0 Å². The second kappa shape index (κ2) is 8.48. The second-order valence-electron chi connectivity index (χ2n) is 7.28. The Hall–Kier alpha value is -2.88. The molecule has 4 heteroatoms. The molecule has 0 bridgehead atoms. The monoisotopic (exact) mass is 351 g/mol. The molecule has 0 aliphatic heterocycles. The lowest BCUT2D eigenvalue weighted by Crippen LogP contribution is -2.32. The van der Waals surface area contributed by atoms with Gasteiger partial charge in [0.25, 0.3) is 5.91 Å². The minimum atomic E-state index is -0.655. The van der Waals surface area contributed by atoms with Crippen molar-refractivity contribution in [1.82, 2.24) is 4.90 Å². The molecule has 136 valence electrons. The summed E-state index contributed by atoms with van der Waals surface area (Å²) >= 11 is 0. The summed E-state index contributed by atoms with van der Waals surface area (Å²) in [6.45, 7) is 5.92. The fraction of sp³-hybridized carbons (Fsp3) is 0.273. The van der Waals surface area contributed by atoms with Crippen molar-refractivity contribution in [1.29, 1.82) is 0 Å². The summed E-state index contributed by atoms with van der Waals surface area (Å²) in [5.41, 5.74) is 1.25. The van der Waals surface area contributed by atoms with Gasteiger partial charge in [0.2, 0.25) is 0 Å². The molecule has 0 aromatic heterocycles. The van der Waals surface area contributed by atoms with E-state index in [2.05, 4.69) is 0 Å². The van der Waals surface area contributed by atoms with Gasteiger partial charge in [-0.2, -0.15) is 0 Å². The fourth-order valence-electron chi connectivity index (χ4n) is 2.37. The highest BCUT2D eigenvalue weighted by molar-refractivity contribution is 6.02. The van der Waals surface area contributed by atoms with Gasteiger partial charge in [-0.05, 0) is 11.1 Å². The van der Waals surface area contributed by atoms with Gasteiger partial charge in [0, 0.05) is 24.6 Å². The number of ketones is 1. The summed E-state index contributed by atoms with van der Waals surface area (Å²) in [6, 6.07) is 19.1. The van der Waals surface area contributed by atoms with Crippen LogP contribution in [0.4, 0.5) is 0 Å². The first-order valence-corrected chi connectivity index (χ1v) is 8.59. The number of benzene rings is 2. The van der Waals surface area contributed by atoms with E-state index in [1.807, 2.05) is 60.7 Å². The summed E-state index contributed by atoms with van der Waals surface area (Å²) in [5, 5.41) is 10.2. The molecule has 0 aliphatic carbocycles. The van der Waals surface area contributed by atoms with Crippen molar-refractivity contribution in [2.75, 3.05) is 0 Å². The average molecular weight is 351 g/mol. The Morgan fingerprint density at radius 3 is 1.69 bits per heavy atom. The fourth-order valence-corrected chi connectivity index (χ4v) is 2.37. The van der Waals surface area contributed by atoms with Crippen LogP contribution >= 0.6 is 0 Å². The maximum absolute atomic E-state index is 12.8. The molecule has 4 nitrogen and oxygen atoms in total. The van der Waals surface area contributed by atoms with E-state index in [9.17, 15) is 14.7 Å². The molecule has 1 N–H and O–H groups in total. The van der Waals surface area contributed by atoms with Crippen molar-refractivity contribution in [2.24, 2.45) is 5.41 Å². The number of hydrogen-bond donors (Lipinski definition) is 1. The lowest BCUT2D eigenvalue weighted by Gasteiger charge is -2.23. The van der Waals surface area contributed by atoms with E-state index in [0.29, 0.717) is 13.1 Å². The van der Waals surface area contributed by atoms with Crippen LogP contribution in [0.2, 0.25) is 0 Å². The number of allylic oxidation sites excluding steroid dienone is 1. The van der Waals surface area contributed by atoms with Crippen LogP contribution in [-0.2, 0) is 22.7 Å². The Balaban J connectivity index is 2.25. The van der Waals surface area contributed by atoms with E-state index in [1.54, 1.807) is 20.8 Å². The SMILES string of the molecule is CC(C)(C)C(=O)/C=C(\O)C(=O)N(Cc1ccccc1)Cc1ccccc1. The molecule has 0 saturated heterocycles. The number of aliphatic hydroxyl groups is 1. The van der Waals surface area contributed by atoms with E-state index < -0.39 is 17.1 Å². The lowest BCUT2D eigenvalue weighted by molar-refractivity contribution is -0.131. The summed E-state index contributed by atoms with van der Waals surface area (Å²) in [4.78, 5) is 26.4. The predicted molar refractivity (Wildman–Crippen MR) is 102 cm³/mol. The number of carbonyl (C=O) groups is 2. The van der Waals surface area contributed by atoms with Crippen LogP contribution in [0, 0.1) is 5.41 Å². The Labute approximate surface area is 154 Å². The molecule has 0 heterocycles. The molecule has 0 radical (unpaired) electrons. The standard InChI is InChI=1S/C22H25NO3/c1-22(2,3)20(25)14-19(24)21(26)23(15-17-10-6-4-7-11-17)16-18-12-8-5-9-13-18/h4-14,24H,15-16H2,1-3H3/b19-14-. The van der Waals surface area contributed by atoms with Crippen LogP contribution in [-0.4, -0.2) is 21.7 Å². The summed E-state index contributed by atoms with van der Waals surface area (Å²) in [6.07, 6.45) is 1.03. The van der Waals surface area contributed by atoms with Crippen molar-refractivity contribution in [3.8, 4) is 0 Å². The zero-order valence-corrected chi connectivity index (χ0v) is 15.5. The van der Waals surface area contributed by atoms with Crippen LogP contribution < -0.4 is 0 Å². The number of rotatable bonds is 6. The topological polar surface area (TPSA) is 57.6 Å². The highest BCUT2D eigenvalue weighted by atomic mass is 16.3. The minimum absolute atomic E-state index is 0.289.